The van der Waals surface area contributed by atoms with Crippen molar-refractivity contribution in [3.8, 4) is 0 Å². The minimum atomic E-state index is -0.0744. The maximum Gasteiger partial charge on any atom is 0.243 e. The van der Waals surface area contributed by atoms with Crippen LogP contribution in [-0.4, -0.2) is 27.2 Å². The van der Waals surface area contributed by atoms with Gasteiger partial charge in [-0.25, -0.2) is 0 Å². The fourth-order valence-electron chi connectivity index (χ4n) is 1.04. The maximum absolute atomic E-state index is 11.0. The predicted molar refractivity (Wildman–Crippen MR) is 52.5 cm³/mol. The molecular weight excluding hydrogens is 180 g/mol. The van der Waals surface area contributed by atoms with Gasteiger partial charge in [0.05, 0.1) is 0 Å². The minimum Gasteiger partial charge on any atom is -0.352 e. The largest absolute Gasteiger partial charge is 0.352 e. The van der Waals surface area contributed by atoms with E-state index in [-0.39, 0.29) is 5.91 Å². The zero-order chi connectivity index (χ0) is 10.4. The predicted octanol–water partition coefficient (Wildman–Crippen LogP) is 0.0499. The van der Waals surface area contributed by atoms with Crippen LogP contribution in [0.4, 0.5) is 0 Å². The Kier molecular flexibility index (Phi) is 3.84. The van der Waals surface area contributed by atoms with Crippen LogP contribution in [0.2, 0.25) is 0 Å². The van der Waals surface area contributed by atoms with Crippen molar-refractivity contribution >= 4 is 5.91 Å². The van der Waals surface area contributed by atoms with Gasteiger partial charge in [-0.3, -0.25) is 4.79 Å². The topological polar surface area (TPSA) is 59.8 Å². The van der Waals surface area contributed by atoms with E-state index in [1.165, 1.54) is 6.08 Å². The first kappa shape index (κ1) is 10.4. The van der Waals surface area contributed by atoms with Crippen molar-refractivity contribution in [2.24, 2.45) is 7.05 Å². The maximum atomic E-state index is 11.0. The van der Waals surface area contributed by atoms with Gasteiger partial charge in [-0.15, -0.1) is 10.2 Å². The van der Waals surface area contributed by atoms with Gasteiger partial charge in [-0.1, -0.05) is 6.08 Å². The molecule has 5 nitrogen and oxygen atoms in total. The highest BCUT2D eigenvalue weighted by atomic mass is 16.1. The molecule has 0 aliphatic carbocycles. The highest BCUT2D eigenvalue weighted by Gasteiger charge is 2.00. The van der Waals surface area contributed by atoms with Crippen molar-refractivity contribution in [2.45, 2.75) is 13.3 Å². The minimum absolute atomic E-state index is 0.0744. The number of aryl methyl sites for hydroxylation is 1. The summed E-state index contributed by atoms with van der Waals surface area (Å²) in [5, 5.41) is 10.4. The average molecular weight is 194 g/mol. The van der Waals surface area contributed by atoms with Crippen molar-refractivity contribution in [2.75, 3.05) is 6.54 Å². The number of amides is 1. The molecule has 0 saturated carbocycles. The lowest BCUT2D eigenvalue weighted by Crippen LogP contribution is -2.24. The van der Waals surface area contributed by atoms with Gasteiger partial charge >= 0.3 is 0 Å². The number of rotatable bonds is 4. The molecule has 1 aromatic rings. The molecule has 0 aliphatic rings. The molecule has 14 heavy (non-hydrogen) atoms. The van der Waals surface area contributed by atoms with Crippen molar-refractivity contribution in [3.63, 3.8) is 0 Å². The molecule has 0 spiro atoms. The molecule has 0 aromatic carbocycles. The highest BCUT2D eigenvalue weighted by molar-refractivity contribution is 5.87. The Morgan fingerprint density at radius 1 is 1.71 bits per heavy atom. The summed E-state index contributed by atoms with van der Waals surface area (Å²) in [6.07, 6.45) is 5.54. The van der Waals surface area contributed by atoms with Crippen molar-refractivity contribution in [3.05, 3.63) is 24.3 Å². The van der Waals surface area contributed by atoms with Crippen molar-refractivity contribution in [1.29, 1.82) is 0 Å². The van der Waals surface area contributed by atoms with Crippen molar-refractivity contribution < 1.29 is 4.79 Å². The van der Waals surface area contributed by atoms with Gasteiger partial charge in [0.25, 0.3) is 0 Å². The molecule has 0 radical (unpaired) electrons. The van der Waals surface area contributed by atoms with Crippen LogP contribution in [0.5, 0.6) is 0 Å². The Morgan fingerprint density at radius 2 is 2.50 bits per heavy atom. The number of nitrogens with zero attached hydrogens (tertiary/aromatic N) is 3. The third-order valence-electron chi connectivity index (χ3n) is 1.77. The van der Waals surface area contributed by atoms with Gasteiger partial charge < -0.3 is 9.88 Å². The zero-order valence-corrected chi connectivity index (χ0v) is 8.40. The van der Waals surface area contributed by atoms with E-state index in [1.807, 2.05) is 18.5 Å². The average Bonchev–Trinajstić information content (AvgIpc) is 2.52. The van der Waals surface area contributed by atoms with Crippen LogP contribution in [-0.2, 0) is 18.3 Å². The van der Waals surface area contributed by atoms with Gasteiger partial charge in [0.1, 0.15) is 12.2 Å². The molecule has 0 fully saturated rings. The van der Waals surface area contributed by atoms with Gasteiger partial charge in [-0.2, -0.15) is 0 Å². The molecule has 0 bridgehead atoms. The van der Waals surface area contributed by atoms with Crippen LogP contribution in [0.15, 0.2) is 18.5 Å². The normalized spacial score (nSPS) is 10.7. The molecule has 0 unspecified atom stereocenters. The monoisotopic (exact) mass is 194 g/mol. The zero-order valence-electron chi connectivity index (χ0n) is 8.40. The highest BCUT2D eigenvalue weighted by Crippen LogP contribution is 1.91. The van der Waals surface area contributed by atoms with Crippen LogP contribution < -0.4 is 5.32 Å². The number of aromatic nitrogens is 3. The molecule has 0 atom stereocenters. The van der Waals surface area contributed by atoms with Gasteiger partial charge in [0.15, 0.2) is 0 Å². The second-order valence-corrected chi connectivity index (χ2v) is 2.90. The van der Waals surface area contributed by atoms with Crippen LogP contribution in [0.25, 0.3) is 0 Å². The first-order valence-corrected chi connectivity index (χ1v) is 4.47. The van der Waals surface area contributed by atoms with Crippen LogP contribution in [0, 0.1) is 0 Å². The summed E-state index contributed by atoms with van der Waals surface area (Å²) in [4.78, 5) is 11.0. The van der Waals surface area contributed by atoms with E-state index >= 15 is 0 Å². The Hall–Kier alpha value is -1.65. The van der Waals surface area contributed by atoms with Crippen LogP contribution in [0.3, 0.4) is 0 Å². The van der Waals surface area contributed by atoms with E-state index in [2.05, 4.69) is 15.5 Å². The molecular formula is C9H14N4O. The molecule has 0 aliphatic heterocycles. The van der Waals surface area contributed by atoms with E-state index in [0.29, 0.717) is 13.0 Å². The fraction of sp³-hybridized carbons (Fsp3) is 0.444. The molecule has 76 valence electrons. The summed E-state index contributed by atoms with van der Waals surface area (Å²) >= 11 is 0. The van der Waals surface area contributed by atoms with E-state index in [4.69, 9.17) is 0 Å². The lowest BCUT2D eigenvalue weighted by molar-refractivity contribution is -0.116. The molecule has 1 rings (SSSR count). The summed E-state index contributed by atoms with van der Waals surface area (Å²) in [5.74, 6) is 0.792. The summed E-state index contributed by atoms with van der Waals surface area (Å²) in [6, 6.07) is 0. The number of carbonyl (C=O) groups is 1. The number of nitrogens with one attached hydrogen (secondary N) is 1. The first-order chi connectivity index (χ1) is 6.74. The van der Waals surface area contributed by atoms with E-state index in [0.717, 1.165) is 5.82 Å². The molecule has 1 aromatic heterocycles. The fourth-order valence-corrected chi connectivity index (χ4v) is 1.04. The molecule has 1 heterocycles. The number of carbonyl (C=O) groups excluding carboxylic acids is 1. The van der Waals surface area contributed by atoms with Gasteiger partial charge in [0, 0.05) is 20.0 Å². The van der Waals surface area contributed by atoms with Crippen LogP contribution in [0.1, 0.15) is 12.7 Å². The molecule has 0 saturated heterocycles. The molecule has 5 heteroatoms. The molecule has 1 amide bonds. The van der Waals surface area contributed by atoms with Crippen molar-refractivity contribution in [1.82, 2.24) is 20.1 Å². The lowest BCUT2D eigenvalue weighted by atomic mass is 10.4. The number of hydrogen-bond acceptors (Lipinski definition) is 3. The quantitative estimate of drug-likeness (QED) is 0.689. The van der Waals surface area contributed by atoms with Gasteiger partial charge in [0.2, 0.25) is 5.91 Å². The Bertz CT molecular complexity index is 329. The second-order valence-electron chi connectivity index (χ2n) is 2.90. The second kappa shape index (κ2) is 5.16. The third kappa shape index (κ3) is 3.01. The van der Waals surface area contributed by atoms with Crippen LogP contribution >= 0.6 is 0 Å². The Labute approximate surface area is 82.8 Å². The SMILES string of the molecule is CC=CC(=O)NCCc1nncn1C. The van der Waals surface area contributed by atoms with Gasteiger partial charge in [-0.05, 0) is 13.0 Å². The summed E-state index contributed by atoms with van der Waals surface area (Å²) < 4.78 is 1.84. The summed E-state index contributed by atoms with van der Waals surface area (Å²) in [6.45, 7) is 2.39. The molecule has 1 N–H and O–H groups in total. The Morgan fingerprint density at radius 3 is 3.07 bits per heavy atom. The van der Waals surface area contributed by atoms with E-state index in [9.17, 15) is 4.79 Å². The van der Waals surface area contributed by atoms with E-state index in [1.54, 1.807) is 12.4 Å². The van der Waals surface area contributed by atoms with E-state index < -0.39 is 0 Å². The lowest BCUT2D eigenvalue weighted by Gasteiger charge is -2.01. The first-order valence-electron chi connectivity index (χ1n) is 4.47. The number of hydrogen-bond donors (Lipinski definition) is 1. The Balaban J connectivity index is 2.29. The standard InChI is InChI=1S/C9H14N4O/c1-3-4-9(14)10-6-5-8-12-11-7-13(8)2/h3-4,7H,5-6H2,1-2H3,(H,10,14). The smallest absolute Gasteiger partial charge is 0.243 e. The number of allylic oxidation sites excluding steroid dienone is 1. The summed E-state index contributed by atoms with van der Waals surface area (Å²) in [7, 11) is 1.88. The summed E-state index contributed by atoms with van der Waals surface area (Å²) in [5.41, 5.74) is 0. The third-order valence-corrected chi connectivity index (χ3v) is 1.77.